The Morgan fingerprint density at radius 2 is 1.13 bits per heavy atom. The molecule has 1 fully saturated rings. The molecule has 39 heavy (non-hydrogen) atoms. The Balaban J connectivity index is 1.43. The third-order valence-corrected chi connectivity index (χ3v) is 9.09. The van der Waals surface area contributed by atoms with Crippen molar-refractivity contribution in [3.05, 3.63) is 70.8 Å². The zero-order valence-corrected chi connectivity index (χ0v) is 25.7. The van der Waals surface area contributed by atoms with Crippen molar-refractivity contribution in [2.24, 2.45) is 17.6 Å². The molecule has 0 amide bonds. The Hall–Kier alpha value is -1.68. The number of benzene rings is 2. The van der Waals surface area contributed by atoms with Gasteiger partial charge in [0.15, 0.2) is 0 Å². The first-order valence-electron chi connectivity index (χ1n) is 16.3. The Labute approximate surface area is 241 Å². The lowest BCUT2D eigenvalue weighted by Gasteiger charge is -2.29. The van der Waals surface area contributed by atoms with E-state index in [0.29, 0.717) is 17.9 Å². The number of hydrogen-bond acceptors (Lipinski definition) is 3. The Bertz CT molecular complexity index is 823. The molecular weight excluding hydrogens is 474 g/mol. The summed E-state index contributed by atoms with van der Waals surface area (Å²) in [4.78, 5) is 0. The fourth-order valence-corrected chi connectivity index (χ4v) is 6.13. The van der Waals surface area contributed by atoms with Gasteiger partial charge in [-0.2, -0.15) is 0 Å². The first-order valence-corrected chi connectivity index (χ1v) is 16.3. The minimum absolute atomic E-state index is 0.579. The summed E-state index contributed by atoms with van der Waals surface area (Å²) < 4.78 is 0. The molecule has 1 aliphatic rings. The highest BCUT2D eigenvalue weighted by atomic mass is 14.9. The third-order valence-electron chi connectivity index (χ3n) is 9.09. The zero-order valence-electron chi connectivity index (χ0n) is 25.7. The van der Waals surface area contributed by atoms with E-state index in [-0.39, 0.29) is 0 Å². The van der Waals surface area contributed by atoms with Gasteiger partial charge in [0.1, 0.15) is 0 Å². The summed E-state index contributed by atoms with van der Waals surface area (Å²) in [5.41, 5.74) is 11.4. The second-order valence-corrected chi connectivity index (χ2v) is 12.9. The largest absolute Gasteiger partial charge is 0.330 e. The first-order chi connectivity index (χ1) is 18.9. The van der Waals surface area contributed by atoms with Gasteiger partial charge >= 0.3 is 0 Å². The second-order valence-electron chi connectivity index (χ2n) is 12.9. The molecule has 4 N–H and O–H groups in total. The fraction of sp³-hybridized carbons (Fsp3) is 0.667. The maximum atomic E-state index is 5.60. The molecule has 0 atom stereocenters. The molecule has 3 nitrogen and oxygen atoms in total. The van der Waals surface area contributed by atoms with Crippen LogP contribution in [0.5, 0.6) is 0 Å². The van der Waals surface area contributed by atoms with Gasteiger partial charge in [-0.3, -0.25) is 0 Å². The molecule has 0 radical (unpaired) electrons. The van der Waals surface area contributed by atoms with Crippen LogP contribution >= 0.6 is 0 Å². The smallest absolute Gasteiger partial charge is 0.00733 e. The molecule has 0 aliphatic heterocycles. The lowest BCUT2D eigenvalue weighted by molar-refractivity contribution is 0.247. The average molecular weight is 534 g/mol. The fourth-order valence-electron chi connectivity index (χ4n) is 6.13. The Morgan fingerprint density at radius 3 is 1.56 bits per heavy atom. The molecule has 3 rings (SSSR count). The van der Waals surface area contributed by atoms with Crippen molar-refractivity contribution in [1.82, 2.24) is 10.6 Å². The summed E-state index contributed by atoms with van der Waals surface area (Å²) in [7, 11) is 0. The molecule has 1 saturated carbocycles. The normalized spacial score (nSPS) is 17.9. The number of rotatable bonds is 18. The van der Waals surface area contributed by atoms with E-state index in [4.69, 9.17) is 5.73 Å². The summed E-state index contributed by atoms with van der Waals surface area (Å²) in [5, 5.41) is 7.58. The Morgan fingerprint density at radius 1 is 0.667 bits per heavy atom. The van der Waals surface area contributed by atoms with E-state index in [1.165, 1.54) is 86.7 Å². The lowest BCUT2D eigenvalue weighted by Crippen LogP contribution is -2.32. The van der Waals surface area contributed by atoms with Gasteiger partial charge in [0.25, 0.3) is 0 Å². The summed E-state index contributed by atoms with van der Waals surface area (Å²) in [6.45, 7) is 13.3. The van der Waals surface area contributed by atoms with Crippen LogP contribution in [0.2, 0.25) is 0 Å². The number of aryl methyl sites for hydroxylation is 2. The summed E-state index contributed by atoms with van der Waals surface area (Å²) in [5.74, 6) is 3.04. The molecule has 218 valence electrons. The first kappa shape index (κ1) is 31.8. The van der Waals surface area contributed by atoms with Gasteiger partial charge in [-0.05, 0) is 117 Å². The van der Waals surface area contributed by atoms with Crippen molar-refractivity contribution in [2.45, 2.75) is 116 Å². The van der Waals surface area contributed by atoms with E-state index < -0.39 is 0 Å². The lowest BCUT2D eigenvalue weighted by atomic mass is 9.79. The van der Waals surface area contributed by atoms with Crippen LogP contribution in [0.4, 0.5) is 0 Å². The highest BCUT2D eigenvalue weighted by Crippen LogP contribution is 2.32. The standard InChI is InChI=1S/C36H59N3/c1-28(2)34-16-10-30(11-17-34)14-20-36(21-15-31-12-18-35(19-13-31)29(3)4)39-27-23-33-8-6-32(7-9-33)22-26-38-25-5-24-37/h10-13,16-19,28-29,32-33,36,38-39H,5-9,14-15,20-27,37H2,1-4H3. The number of hydrogen-bond donors (Lipinski definition) is 3. The highest BCUT2D eigenvalue weighted by molar-refractivity contribution is 5.26. The minimum Gasteiger partial charge on any atom is -0.330 e. The number of nitrogens with two attached hydrogens (primary N) is 1. The van der Waals surface area contributed by atoms with Gasteiger partial charge in [-0.15, -0.1) is 0 Å². The highest BCUT2D eigenvalue weighted by Gasteiger charge is 2.21. The predicted octanol–water partition coefficient (Wildman–Crippen LogP) is 7.98. The monoisotopic (exact) mass is 533 g/mol. The topological polar surface area (TPSA) is 50.1 Å². The molecule has 0 spiro atoms. The SMILES string of the molecule is CC(C)c1ccc(CCC(CCc2ccc(C(C)C)cc2)NCCC2CCC(CCNCCCN)CC2)cc1. The van der Waals surface area contributed by atoms with Gasteiger partial charge in [0, 0.05) is 6.04 Å². The average Bonchev–Trinajstić information content (AvgIpc) is 2.95. The van der Waals surface area contributed by atoms with Gasteiger partial charge in [0.2, 0.25) is 0 Å². The van der Waals surface area contributed by atoms with E-state index in [9.17, 15) is 0 Å². The van der Waals surface area contributed by atoms with Crippen molar-refractivity contribution in [3.63, 3.8) is 0 Å². The van der Waals surface area contributed by atoms with Crippen LogP contribution in [0.1, 0.15) is 120 Å². The zero-order chi connectivity index (χ0) is 27.9. The quantitative estimate of drug-likeness (QED) is 0.170. The molecule has 2 aromatic rings. The summed E-state index contributed by atoms with van der Waals surface area (Å²) in [6, 6.07) is 19.3. The second kappa shape index (κ2) is 17.9. The predicted molar refractivity (Wildman–Crippen MR) is 171 cm³/mol. The maximum Gasteiger partial charge on any atom is 0.00733 e. The van der Waals surface area contributed by atoms with Crippen LogP contribution in [0.15, 0.2) is 48.5 Å². The van der Waals surface area contributed by atoms with Gasteiger partial charge < -0.3 is 16.4 Å². The third kappa shape index (κ3) is 12.2. The molecule has 0 bridgehead atoms. The molecule has 0 saturated heterocycles. The van der Waals surface area contributed by atoms with Crippen molar-refractivity contribution in [1.29, 1.82) is 0 Å². The van der Waals surface area contributed by atoms with E-state index in [2.05, 4.69) is 86.9 Å². The molecule has 0 unspecified atom stereocenters. The molecule has 0 heterocycles. The molecule has 1 aliphatic carbocycles. The van der Waals surface area contributed by atoms with Crippen LogP contribution in [-0.4, -0.2) is 32.2 Å². The van der Waals surface area contributed by atoms with Crippen molar-refractivity contribution >= 4 is 0 Å². The number of nitrogens with one attached hydrogen (secondary N) is 2. The summed E-state index contributed by atoms with van der Waals surface area (Å²) >= 11 is 0. The van der Waals surface area contributed by atoms with E-state index in [0.717, 1.165) is 44.2 Å². The van der Waals surface area contributed by atoms with E-state index >= 15 is 0 Å². The molecule has 0 aromatic heterocycles. The van der Waals surface area contributed by atoms with Gasteiger partial charge in [0.05, 0.1) is 0 Å². The molecule has 2 aromatic carbocycles. The maximum absolute atomic E-state index is 5.60. The van der Waals surface area contributed by atoms with Gasteiger partial charge in [-0.25, -0.2) is 0 Å². The van der Waals surface area contributed by atoms with Crippen molar-refractivity contribution < 1.29 is 0 Å². The molecular formula is C36H59N3. The van der Waals surface area contributed by atoms with E-state index in [1.54, 1.807) is 0 Å². The van der Waals surface area contributed by atoms with Crippen LogP contribution in [-0.2, 0) is 12.8 Å². The van der Waals surface area contributed by atoms with Crippen LogP contribution in [0, 0.1) is 11.8 Å². The van der Waals surface area contributed by atoms with Crippen molar-refractivity contribution in [3.8, 4) is 0 Å². The van der Waals surface area contributed by atoms with Crippen LogP contribution in [0.25, 0.3) is 0 Å². The van der Waals surface area contributed by atoms with Crippen molar-refractivity contribution in [2.75, 3.05) is 26.2 Å². The van der Waals surface area contributed by atoms with Crippen LogP contribution in [0.3, 0.4) is 0 Å². The molecule has 3 heteroatoms. The van der Waals surface area contributed by atoms with Crippen LogP contribution < -0.4 is 16.4 Å². The Kier molecular flexibility index (Phi) is 14.6. The summed E-state index contributed by atoms with van der Waals surface area (Å²) in [6.07, 6.45) is 14.2. The van der Waals surface area contributed by atoms with Gasteiger partial charge in [-0.1, -0.05) is 102 Å². The minimum atomic E-state index is 0.579. The van der Waals surface area contributed by atoms with E-state index in [1.807, 2.05) is 0 Å².